The molecule has 0 bridgehead atoms. The van der Waals surface area contributed by atoms with Gasteiger partial charge in [0.05, 0.1) is 0 Å². The SMILES string of the molecule is CCC(C(=O)O)N(C)C1CCCCC1C(C)(C)C. The van der Waals surface area contributed by atoms with Gasteiger partial charge in [0.15, 0.2) is 0 Å². The summed E-state index contributed by atoms with van der Waals surface area (Å²) in [6.45, 7) is 8.81. The summed E-state index contributed by atoms with van der Waals surface area (Å²) in [7, 11) is 2.00. The predicted molar refractivity (Wildman–Crippen MR) is 74.7 cm³/mol. The summed E-state index contributed by atoms with van der Waals surface area (Å²) < 4.78 is 0. The van der Waals surface area contributed by atoms with E-state index in [2.05, 4.69) is 25.7 Å². The first-order chi connectivity index (χ1) is 8.29. The summed E-state index contributed by atoms with van der Waals surface area (Å²) in [5, 5.41) is 9.32. The highest BCUT2D eigenvalue weighted by atomic mass is 16.4. The van der Waals surface area contributed by atoms with Crippen LogP contribution in [0.2, 0.25) is 0 Å². The molecule has 0 amide bonds. The van der Waals surface area contributed by atoms with E-state index in [-0.39, 0.29) is 11.5 Å². The van der Waals surface area contributed by atoms with Gasteiger partial charge in [-0.2, -0.15) is 0 Å². The second-order valence-corrected chi connectivity index (χ2v) is 6.75. The van der Waals surface area contributed by atoms with Crippen LogP contribution in [0.1, 0.15) is 59.8 Å². The Hall–Kier alpha value is -0.570. The Morgan fingerprint density at radius 3 is 2.33 bits per heavy atom. The van der Waals surface area contributed by atoms with Gasteiger partial charge in [-0.15, -0.1) is 0 Å². The molecule has 1 saturated carbocycles. The zero-order valence-electron chi connectivity index (χ0n) is 12.6. The molecule has 0 heterocycles. The second-order valence-electron chi connectivity index (χ2n) is 6.75. The zero-order valence-corrected chi connectivity index (χ0v) is 12.6. The molecule has 3 nitrogen and oxygen atoms in total. The van der Waals surface area contributed by atoms with E-state index in [0.29, 0.717) is 18.4 Å². The van der Waals surface area contributed by atoms with Gasteiger partial charge in [0.1, 0.15) is 6.04 Å². The third-order valence-electron chi connectivity index (χ3n) is 4.53. The minimum Gasteiger partial charge on any atom is -0.480 e. The molecule has 0 radical (unpaired) electrons. The number of carbonyl (C=O) groups is 1. The molecule has 1 rings (SSSR count). The number of nitrogens with zero attached hydrogens (tertiary/aromatic N) is 1. The van der Waals surface area contributed by atoms with E-state index in [1.165, 1.54) is 19.3 Å². The molecular weight excluding hydrogens is 226 g/mol. The third kappa shape index (κ3) is 3.47. The van der Waals surface area contributed by atoms with E-state index in [9.17, 15) is 9.90 Å². The molecule has 0 saturated heterocycles. The molecule has 0 spiro atoms. The van der Waals surface area contributed by atoms with Gasteiger partial charge in [-0.1, -0.05) is 40.5 Å². The Morgan fingerprint density at radius 1 is 1.33 bits per heavy atom. The molecular formula is C15H29NO2. The maximum atomic E-state index is 11.3. The Labute approximate surface area is 112 Å². The van der Waals surface area contributed by atoms with Crippen molar-refractivity contribution >= 4 is 5.97 Å². The normalized spacial score (nSPS) is 27.2. The topological polar surface area (TPSA) is 40.5 Å². The summed E-state index contributed by atoms with van der Waals surface area (Å²) in [6.07, 6.45) is 5.57. The van der Waals surface area contributed by atoms with Gasteiger partial charge in [-0.25, -0.2) is 0 Å². The minimum atomic E-state index is -0.682. The average Bonchev–Trinajstić information content (AvgIpc) is 2.28. The lowest BCUT2D eigenvalue weighted by Crippen LogP contribution is -2.51. The number of likely N-dealkylation sites (N-methyl/N-ethyl adjacent to an activating group) is 1. The summed E-state index contributed by atoms with van der Waals surface area (Å²) in [4.78, 5) is 13.5. The molecule has 18 heavy (non-hydrogen) atoms. The molecule has 0 aliphatic heterocycles. The Kier molecular flexibility index (Phi) is 5.20. The van der Waals surface area contributed by atoms with Crippen molar-refractivity contribution in [2.45, 2.75) is 71.9 Å². The quantitative estimate of drug-likeness (QED) is 0.837. The van der Waals surface area contributed by atoms with Gasteiger partial charge in [0.25, 0.3) is 0 Å². The average molecular weight is 255 g/mol. The van der Waals surface area contributed by atoms with Crippen molar-refractivity contribution in [2.75, 3.05) is 7.05 Å². The van der Waals surface area contributed by atoms with Crippen LogP contribution in [0.4, 0.5) is 0 Å². The maximum Gasteiger partial charge on any atom is 0.320 e. The van der Waals surface area contributed by atoms with Gasteiger partial charge >= 0.3 is 5.97 Å². The highest BCUT2D eigenvalue weighted by Gasteiger charge is 2.39. The van der Waals surface area contributed by atoms with Crippen molar-refractivity contribution in [3.05, 3.63) is 0 Å². The van der Waals surface area contributed by atoms with E-state index < -0.39 is 5.97 Å². The van der Waals surface area contributed by atoms with E-state index >= 15 is 0 Å². The van der Waals surface area contributed by atoms with Crippen molar-refractivity contribution in [3.63, 3.8) is 0 Å². The van der Waals surface area contributed by atoms with Crippen LogP contribution in [0, 0.1) is 11.3 Å². The van der Waals surface area contributed by atoms with E-state index in [4.69, 9.17) is 0 Å². The molecule has 1 N–H and O–H groups in total. The first-order valence-corrected chi connectivity index (χ1v) is 7.23. The van der Waals surface area contributed by atoms with Crippen LogP contribution in [-0.2, 0) is 4.79 Å². The number of carboxylic acids is 1. The monoisotopic (exact) mass is 255 g/mol. The standard InChI is InChI=1S/C15H29NO2/c1-6-12(14(17)18)16(5)13-10-8-7-9-11(13)15(2,3)4/h11-13H,6-10H2,1-5H3,(H,17,18). The van der Waals surface area contributed by atoms with Gasteiger partial charge in [-0.3, -0.25) is 9.69 Å². The number of hydrogen-bond donors (Lipinski definition) is 1. The maximum absolute atomic E-state index is 11.3. The molecule has 3 atom stereocenters. The van der Waals surface area contributed by atoms with Crippen molar-refractivity contribution in [3.8, 4) is 0 Å². The lowest BCUT2D eigenvalue weighted by atomic mass is 9.69. The van der Waals surface area contributed by atoms with Crippen molar-refractivity contribution in [1.82, 2.24) is 4.90 Å². The first kappa shape index (κ1) is 15.5. The van der Waals surface area contributed by atoms with Crippen molar-refractivity contribution in [2.24, 2.45) is 11.3 Å². The molecule has 3 heteroatoms. The predicted octanol–water partition coefficient (Wildman–Crippen LogP) is 3.39. The second kappa shape index (κ2) is 6.05. The molecule has 1 aliphatic carbocycles. The van der Waals surface area contributed by atoms with E-state index in [1.807, 2.05) is 14.0 Å². The van der Waals surface area contributed by atoms with Crippen LogP contribution in [0.5, 0.6) is 0 Å². The van der Waals surface area contributed by atoms with Crippen LogP contribution in [-0.4, -0.2) is 35.1 Å². The Bertz CT molecular complexity index is 283. The zero-order chi connectivity index (χ0) is 13.9. The lowest BCUT2D eigenvalue weighted by Gasteiger charge is -2.46. The van der Waals surface area contributed by atoms with Crippen LogP contribution in [0.3, 0.4) is 0 Å². The summed E-state index contributed by atoms with van der Waals surface area (Å²) >= 11 is 0. The highest BCUT2D eigenvalue weighted by Crippen LogP contribution is 2.40. The molecule has 1 aliphatic rings. The van der Waals surface area contributed by atoms with Crippen LogP contribution in [0.25, 0.3) is 0 Å². The molecule has 106 valence electrons. The summed E-state index contributed by atoms with van der Waals surface area (Å²) in [6, 6.07) is 0.0812. The largest absolute Gasteiger partial charge is 0.480 e. The van der Waals surface area contributed by atoms with Crippen LogP contribution in [0.15, 0.2) is 0 Å². The first-order valence-electron chi connectivity index (χ1n) is 7.23. The molecule has 0 aromatic heterocycles. The third-order valence-corrected chi connectivity index (χ3v) is 4.53. The molecule has 1 fully saturated rings. The van der Waals surface area contributed by atoms with Crippen LogP contribution >= 0.6 is 0 Å². The molecule has 3 unspecified atom stereocenters. The van der Waals surface area contributed by atoms with Gasteiger partial charge < -0.3 is 5.11 Å². The van der Waals surface area contributed by atoms with E-state index in [1.54, 1.807) is 0 Å². The summed E-state index contributed by atoms with van der Waals surface area (Å²) in [5.41, 5.74) is 0.260. The number of hydrogen-bond acceptors (Lipinski definition) is 2. The van der Waals surface area contributed by atoms with Crippen LogP contribution < -0.4 is 0 Å². The van der Waals surface area contributed by atoms with E-state index in [0.717, 1.165) is 6.42 Å². The van der Waals surface area contributed by atoms with Gasteiger partial charge in [-0.05, 0) is 37.6 Å². The number of rotatable bonds is 4. The van der Waals surface area contributed by atoms with Crippen molar-refractivity contribution < 1.29 is 9.90 Å². The smallest absolute Gasteiger partial charge is 0.320 e. The Balaban J connectivity index is 2.86. The summed E-state index contributed by atoms with van der Waals surface area (Å²) in [5.74, 6) is -0.0807. The highest BCUT2D eigenvalue weighted by molar-refractivity contribution is 5.73. The fourth-order valence-electron chi connectivity index (χ4n) is 3.48. The number of carboxylic acid groups (broad SMARTS) is 1. The number of aliphatic carboxylic acids is 1. The van der Waals surface area contributed by atoms with Crippen molar-refractivity contribution in [1.29, 1.82) is 0 Å². The Morgan fingerprint density at radius 2 is 1.89 bits per heavy atom. The molecule has 0 aromatic carbocycles. The van der Waals surface area contributed by atoms with Gasteiger partial charge in [0, 0.05) is 6.04 Å². The fraction of sp³-hybridized carbons (Fsp3) is 0.933. The minimum absolute atomic E-state index is 0.260. The lowest BCUT2D eigenvalue weighted by molar-refractivity contribution is -0.145. The van der Waals surface area contributed by atoms with Gasteiger partial charge in [0.2, 0.25) is 0 Å². The molecule has 0 aromatic rings. The fourth-order valence-corrected chi connectivity index (χ4v) is 3.48.